The molecule has 0 spiro atoms. The lowest BCUT2D eigenvalue weighted by Crippen LogP contribution is -2.28. The van der Waals surface area contributed by atoms with Crippen molar-refractivity contribution in [2.75, 3.05) is 0 Å². The Hall–Kier alpha value is -5.94. The number of fused-ring (bicyclic) bond motifs is 12. The second kappa shape index (κ2) is 11.8. The molecule has 56 heavy (non-hydrogen) atoms. The monoisotopic (exact) mass is 754 g/mol. The summed E-state index contributed by atoms with van der Waals surface area (Å²) in [6, 6.07) is 61.6. The van der Waals surface area contributed by atoms with Crippen molar-refractivity contribution in [1.82, 2.24) is 0 Å². The molecule has 0 saturated heterocycles. The number of ether oxygens (including phenoxy) is 2. The molecule has 12 rings (SSSR count). The van der Waals surface area contributed by atoms with Gasteiger partial charge >= 0.3 is 0 Å². The Morgan fingerprint density at radius 1 is 0.411 bits per heavy atom. The Morgan fingerprint density at radius 2 is 1.05 bits per heavy atom. The lowest BCUT2D eigenvalue weighted by Gasteiger charge is -2.34. The molecule has 0 fully saturated rings. The highest BCUT2D eigenvalue weighted by molar-refractivity contribution is 8.05. The minimum absolute atomic E-state index is 0.167. The number of hydrogen-bond acceptors (Lipinski definition) is 4. The van der Waals surface area contributed by atoms with Gasteiger partial charge in [-0.25, -0.2) is 0 Å². The summed E-state index contributed by atoms with van der Waals surface area (Å²) in [7, 11) is 0. The van der Waals surface area contributed by atoms with Crippen LogP contribution in [-0.2, 0) is 10.8 Å². The molecule has 2 heterocycles. The van der Waals surface area contributed by atoms with Gasteiger partial charge in [0.05, 0.1) is 5.41 Å². The fourth-order valence-electron chi connectivity index (χ4n) is 9.79. The average molecular weight is 755 g/mol. The molecule has 2 aliphatic carbocycles. The molecular weight excluding hydrogens is 721 g/mol. The largest absolute Gasteiger partial charge is 0.449 e. The maximum Gasteiger partial charge on any atom is 0.178 e. The van der Waals surface area contributed by atoms with Gasteiger partial charge in [-0.1, -0.05) is 171 Å². The van der Waals surface area contributed by atoms with Gasteiger partial charge in [-0.15, -0.1) is 0 Å². The number of benzene rings is 8. The standard InChI is InChI=1S/C52H34O2S2/c1-51(2)38-27-29-45-50(56-44-23-12-11-22-43(44)55-45)47(38)36-25-24-31(30-40(36)51)34-19-13-21-41-48(34)54-49-42(53-41)28-26-39-46(49)35-18-9-10-20-37(35)52(39,32-14-5-3-6-15-32)33-16-7-4-8-17-33/h3-30H,1-2H3. The Balaban J connectivity index is 1.01. The van der Waals surface area contributed by atoms with E-state index >= 15 is 0 Å². The van der Waals surface area contributed by atoms with E-state index in [0.29, 0.717) is 0 Å². The maximum atomic E-state index is 7.24. The van der Waals surface area contributed by atoms with E-state index in [4.69, 9.17) is 9.47 Å². The van der Waals surface area contributed by atoms with E-state index in [1.54, 1.807) is 0 Å². The zero-order valence-corrected chi connectivity index (χ0v) is 32.4. The van der Waals surface area contributed by atoms with Crippen LogP contribution in [0.4, 0.5) is 0 Å². The van der Waals surface area contributed by atoms with Crippen LogP contribution < -0.4 is 9.47 Å². The molecule has 266 valence electrons. The van der Waals surface area contributed by atoms with Crippen LogP contribution in [0.5, 0.6) is 23.0 Å². The zero-order chi connectivity index (χ0) is 37.2. The van der Waals surface area contributed by atoms with Gasteiger partial charge in [-0.2, -0.15) is 0 Å². The number of rotatable bonds is 3. The van der Waals surface area contributed by atoms with E-state index in [0.717, 1.165) is 45.3 Å². The van der Waals surface area contributed by atoms with E-state index in [1.807, 2.05) is 29.6 Å². The molecule has 0 radical (unpaired) electrons. The average Bonchev–Trinajstić information content (AvgIpc) is 3.68. The van der Waals surface area contributed by atoms with Crippen molar-refractivity contribution in [2.24, 2.45) is 0 Å². The second-order valence-corrected chi connectivity index (χ2v) is 17.7. The molecule has 0 bridgehead atoms. The topological polar surface area (TPSA) is 18.5 Å². The molecular formula is C52H34O2S2. The van der Waals surface area contributed by atoms with Crippen LogP contribution in [0.1, 0.15) is 47.2 Å². The van der Waals surface area contributed by atoms with Crippen molar-refractivity contribution in [2.45, 2.75) is 44.3 Å². The molecule has 0 unspecified atom stereocenters. The highest BCUT2D eigenvalue weighted by atomic mass is 32.2. The first-order valence-electron chi connectivity index (χ1n) is 19.2. The molecule has 0 saturated carbocycles. The van der Waals surface area contributed by atoms with Crippen molar-refractivity contribution < 1.29 is 9.47 Å². The highest BCUT2D eigenvalue weighted by Crippen LogP contribution is 2.64. The van der Waals surface area contributed by atoms with E-state index in [1.165, 1.54) is 64.1 Å². The summed E-state index contributed by atoms with van der Waals surface area (Å²) in [5.41, 5.74) is 14.0. The van der Waals surface area contributed by atoms with Crippen LogP contribution >= 0.6 is 23.5 Å². The Labute approximate surface area is 335 Å². The quantitative estimate of drug-likeness (QED) is 0.179. The normalized spacial score (nSPS) is 15.4. The first-order chi connectivity index (χ1) is 27.5. The van der Waals surface area contributed by atoms with Crippen molar-refractivity contribution in [3.05, 3.63) is 203 Å². The molecule has 0 N–H and O–H groups in total. The molecule has 2 nitrogen and oxygen atoms in total. The maximum absolute atomic E-state index is 7.24. The summed E-state index contributed by atoms with van der Waals surface area (Å²) in [4.78, 5) is 5.36. The van der Waals surface area contributed by atoms with E-state index in [-0.39, 0.29) is 5.41 Å². The Bertz CT molecular complexity index is 2910. The summed E-state index contributed by atoms with van der Waals surface area (Å²) in [6.07, 6.45) is 0. The summed E-state index contributed by atoms with van der Waals surface area (Å²) < 4.78 is 14.0. The van der Waals surface area contributed by atoms with Crippen molar-refractivity contribution >= 4 is 23.5 Å². The third-order valence-electron chi connectivity index (χ3n) is 12.3. The predicted octanol–water partition coefficient (Wildman–Crippen LogP) is 14.5. The molecule has 0 aromatic heterocycles. The fraction of sp³-hybridized carbons (Fsp3) is 0.0769. The number of para-hydroxylation sites is 1. The number of hydrogen-bond donors (Lipinski definition) is 0. The molecule has 2 aliphatic heterocycles. The summed E-state index contributed by atoms with van der Waals surface area (Å²) in [6.45, 7) is 4.73. The van der Waals surface area contributed by atoms with Crippen molar-refractivity contribution in [3.63, 3.8) is 0 Å². The van der Waals surface area contributed by atoms with Crippen LogP contribution in [0.25, 0.3) is 33.4 Å². The van der Waals surface area contributed by atoms with Crippen LogP contribution in [0.3, 0.4) is 0 Å². The van der Waals surface area contributed by atoms with Crippen LogP contribution in [0.2, 0.25) is 0 Å². The first kappa shape index (κ1) is 32.3. The smallest absolute Gasteiger partial charge is 0.178 e. The van der Waals surface area contributed by atoms with Crippen LogP contribution in [0.15, 0.2) is 189 Å². The molecule has 0 amide bonds. The summed E-state index contributed by atoms with van der Waals surface area (Å²) in [5, 5.41) is 0. The van der Waals surface area contributed by atoms with E-state index in [9.17, 15) is 0 Å². The fourth-order valence-corrected chi connectivity index (χ4v) is 12.2. The van der Waals surface area contributed by atoms with E-state index < -0.39 is 5.41 Å². The highest BCUT2D eigenvalue weighted by Gasteiger charge is 2.48. The lowest BCUT2D eigenvalue weighted by atomic mass is 9.68. The van der Waals surface area contributed by atoms with Crippen LogP contribution in [0, 0.1) is 0 Å². The van der Waals surface area contributed by atoms with Gasteiger partial charge in [0, 0.05) is 41.7 Å². The van der Waals surface area contributed by atoms with Gasteiger partial charge in [0.15, 0.2) is 23.0 Å². The zero-order valence-electron chi connectivity index (χ0n) is 30.8. The molecule has 8 aromatic rings. The van der Waals surface area contributed by atoms with Crippen molar-refractivity contribution in [3.8, 4) is 56.4 Å². The predicted molar refractivity (Wildman–Crippen MR) is 228 cm³/mol. The molecule has 0 atom stereocenters. The lowest BCUT2D eigenvalue weighted by molar-refractivity contribution is 0.361. The SMILES string of the molecule is CC1(C)c2cc(-c3cccc4c3Oc3c(ccc5c3-c3ccccc3C5(c3ccccc3)c3ccccc3)O4)ccc2-c2c1ccc1c2Sc2ccccc2S1. The third-order valence-corrected chi connectivity index (χ3v) is 14.9. The Kier molecular flexibility index (Phi) is 6.80. The Morgan fingerprint density at radius 3 is 1.84 bits per heavy atom. The first-order valence-corrected chi connectivity index (χ1v) is 20.8. The van der Waals surface area contributed by atoms with Gasteiger partial charge < -0.3 is 9.47 Å². The molecule has 8 aromatic carbocycles. The summed E-state index contributed by atoms with van der Waals surface area (Å²) >= 11 is 3.79. The molecule has 4 aliphatic rings. The van der Waals surface area contributed by atoms with Gasteiger partial charge in [-0.05, 0) is 86.5 Å². The van der Waals surface area contributed by atoms with Gasteiger partial charge in [0.25, 0.3) is 0 Å². The minimum Gasteiger partial charge on any atom is -0.449 e. The van der Waals surface area contributed by atoms with Gasteiger partial charge in [0.2, 0.25) is 0 Å². The minimum atomic E-state index is -0.523. The van der Waals surface area contributed by atoms with Crippen molar-refractivity contribution in [1.29, 1.82) is 0 Å². The summed E-state index contributed by atoms with van der Waals surface area (Å²) in [5.74, 6) is 2.96. The van der Waals surface area contributed by atoms with E-state index in [2.05, 4.69) is 178 Å². The van der Waals surface area contributed by atoms with Gasteiger partial charge in [-0.3, -0.25) is 0 Å². The molecule has 4 heteroatoms. The van der Waals surface area contributed by atoms with Gasteiger partial charge in [0.1, 0.15) is 0 Å². The van der Waals surface area contributed by atoms with Crippen LogP contribution in [-0.4, -0.2) is 0 Å². The second-order valence-electron chi connectivity index (χ2n) is 15.5. The third kappa shape index (κ3) is 4.31.